The van der Waals surface area contributed by atoms with Gasteiger partial charge in [-0.3, -0.25) is 9.69 Å². The van der Waals surface area contributed by atoms with E-state index in [1.165, 1.54) is 11.8 Å². The number of carbonyl (C=O) groups is 1. The molecule has 4 nitrogen and oxygen atoms in total. The third-order valence-electron chi connectivity index (χ3n) is 5.00. The van der Waals surface area contributed by atoms with Crippen molar-refractivity contribution in [1.29, 1.82) is 0 Å². The summed E-state index contributed by atoms with van der Waals surface area (Å²) in [6.45, 7) is 4.08. The number of amidine groups is 1. The van der Waals surface area contributed by atoms with Gasteiger partial charge < -0.3 is 4.74 Å². The number of para-hydroxylation sites is 2. The average Bonchev–Trinajstić information content (AvgIpc) is 3.06. The summed E-state index contributed by atoms with van der Waals surface area (Å²) in [6, 6.07) is 19.8. The Labute approximate surface area is 219 Å². The van der Waals surface area contributed by atoms with Crippen LogP contribution in [0.15, 0.2) is 70.6 Å². The lowest BCUT2D eigenvalue weighted by Crippen LogP contribution is -2.28. The lowest BCUT2D eigenvalue weighted by molar-refractivity contribution is -0.113. The van der Waals surface area contributed by atoms with E-state index in [4.69, 9.17) is 9.73 Å². The lowest BCUT2D eigenvalue weighted by Gasteiger charge is -2.16. The first-order valence-corrected chi connectivity index (χ1v) is 12.8. The summed E-state index contributed by atoms with van der Waals surface area (Å²) in [5.74, 6) is 0.667. The van der Waals surface area contributed by atoms with Crippen molar-refractivity contribution in [3.63, 3.8) is 0 Å². The Hall–Kier alpha value is -1.85. The van der Waals surface area contributed by atoms with Crippen LogP contribution in [0.2, 0.25) is 0 Å². The molecule has 7 heteroatoms. The van der Waals surface area contributed by atoms with Crippen LogP contribution in [0.4, 0.5) is 11.4 Å². The quantitative estimate of drug-likeness (QED) is 0.217. The highest BCUT2D eigenvalue weighted by atomic mass is 127. The van der Waals surface area contributed by atoms with Gasteiger partial charge in [-0.1, -0.05) is 36.4 Å². The number of thioether (sulfide) groups is 1. The van der Waals surface area contributed by atoms with Crippen LogP contribution in [-0.4, -0.2) is 18.2 Å². The first kappa shape index (κ1) is 23.3. The van der Waals surface area contributed by atoms with Crippen LogP contribution >= 0.6 is 56.9 Å². The third-order valence-corrected chi connectivity index (χ3v) is 7.39. The molecule has 3 aromatic carbocycles. The molecule has 1 heterocycles. The van der Waals surface area contributed by atoms with Crippen molar-refractivity contribution < 1.29 is 9.53 Å². The topological polar surface area (TPSA) is 41.9 Å². The molecule has 1 saturated heterocycles. The summed E-state index contributed by atoms with van der Waals surface area (Å²) in [5, 5.41) is 0.643. The number of hydrogen-bond acceptors (Lipinski definition) is 4. The number of ether oxygens (including phenoxy) is 1. The Kier molecular flexibility index (Phi) is 7.26. The van der Waals surface area contributed by atoms with E-state index in [2.05, 4.69) is 51.2 Å². The van der Waals surface area contributed by atoms with Crippen LogP contribution in [-0.2, 0) is 4.79 Å². The highest BCUT2D eigenvalue weighted by Crippen LogP contribution is 2.40. The summed E-state index contributed by atoms with van der Waals surface area (Å²) in [4.78, 5) is 20.8. The van der Waals surface area contributed by atoms with Gasteiger partial charge in [0.25, 0.3) is 5.91 Å². The fraction of sp³-hybridized carbons (Fsp3) is 0.120. The fourth-order valence-electron chi connectivity index (χ4n) is 3.48. The Morgan fingerprint density at radius 2 is 1.69 bits per heavy atom. The van der Waals surface area contributed by atoms with Gasteiger partial charge in [-0.2, -0.15) is 0 Å². The van der Waals surface area contributed by atoms with E-state index in [-0.39, 0.29) is 5.91 Å². The Bertz CT molecular complexity index is 1240. The largest absolute Gasteiger partial charge is 0.495 e. The predicted molar refractivity (Wildman–Crippen MR) is 151 cm³/mol. The molecule has 0 saturated carbocycles. The Balaban J connectivity index is 1.86. The molecule has 0 aliphatic carbocycles. The third kappa shape index (κ3) is 4.74. The standard InChI is InChI=1S/C25H20I2N2O2S/c1-15-8-7-9-16(2)22(15)28-25-29(19-10-5-4-6-11-19)24(30)21(32-25)13-17-12-18(26)14-20(27)23(17)31-3/h4-14H,1-3H3/b21-13-,28-25?. The van der Waals surface area contributed by atoms with Crippen LogP contribution in [0.25, 0.3) is 6.08 Å². The molecule has 0 unspecified atom stereocenters. The maximum absolute atomic E-state index is 13.6. The molecular weight excluding hydrogens is 646 g/mol. The summed E-state index contributed by atoms with van der Waals surface area (Å²) >= 11 is 5.93. The molecule has 3 aromatic rings. The van der Waals surface area contributed by atoms with E-state index >= 15 is 0 Å². The number of amides is 1. The van der Waals surface area contributed by atoms with Gasteiger partial charge in [-0.05, 0) is 112 Å². The molecule has 0 aromatic heterocycles. The molecule has 32 heavy (non-hydrogen) atoms. The van der Waals surface area contributed by atoms with Crippen molar-refractivity contribution in [2.75, 3.05) is 12.0 Å². The van der Waals surface area contributed by atoms with Crippen molar-refractivity contribution in [1.82, 2.24) is 0 Å². The number of hydrogen-bond donors (Lipinski definition) is 0. The van der Waals surface area contributed by atoms with Crippen LogP contribution < -0.4 is 9.64 Å². The number of aliphatic imine (C=N–C) groups is 1. The normalized spacial score (nSPS) is 16.3. The van der Waals surface area contributed by atoms with Gasteiger partial charge in [0.2, 0.25) is 0 Å². The van der Waals surface area contributed by atoms with Gasteiger partial charge in [0, 0.05) is 9.13 Å². The Morgan fingerprint density at radius 1 is 1.00 bits per heavy atom. The predicted octanol–water partition coefficient (Wildman–Crippen LogP) is 7.33. The molecular formula is C25H20I2N2O2S. The molecule has 1 amide bonds. The second-order valence-electron chi connectivity index (χ2n) is 7.23. The molecule has 0 spiro atoms. The number of carbonyl (C=O) groups excluding carboxylic acids is 1. The van der Waals surface area contributed by atoms with Gasteiger partial charge >= 0.3 is 0 Å². The maximum atomic E-state index is 13.6. The van der Waals surface area contributed by atoms with Crippen LogP contribution in [0.3, 0.4) is 0 Å². The van der Waals surface area contributed by atoms with Gasteiger partial charge in [0.05, 0.1) is 27.0 Å². The first-order valence-electron chi connectivity index (χ1n) is 9.86. The van der Waals surface area contributed by atoms with Crippen molar-refractivity contribution in [3.05, 3.63) is 89.4 Å². The zero-order chi connectivity index (χ0) is 22.8. The average molecular weight is 666 g/mol. The van der Waals surface area contributed by atoms with E-state index < -0.39 is 0 Å². The molecule has 0 radical (unpaired) electrons. The fourth-order valence-corrected chi connectivity index (χ4v) is 6.56. The number of benzene rings is 3. The molecule has 4 rings (SSSR count). The van der Waals surface area contributed by atoms with Gasteiger partial charge in [-0.15, -0.1) is 0 Å². The van der Waals surface area contributed by atoms with Crippen LogP contribution in [0.1, 0.15) is 16.7 Å². The summed E-state index contributed by atoms with van der Waals surface area (Å²) in [5.41, 5.74) is 4.71. The highest BCUT2D eigenvalue weighted by molar-refractivity contribution is 14.1. The SMILES string of the molecule is COc1c(I)cc(I)cc1/C=C1\SC(=Nc2c(C)cccc2C)N(c2ccccc2)C1=O. The molecule has 0 atom stereocenters. The number of methoxy groups -OCH3 is 1. The summed E-state index contributed by atoms with van der Waals surface area (Å²) < 4.78 is 7.71. The number of rotatable bonds is 4. The van der Waals surface area contributed by atoms with E-state index in [0.29, 0.717) is 10.1 Å². The minimum atomic E-state index is -0.0953. The molecule has 0 N–H and O–H groups in total. The lowest BCUT2D eigenvalue weighted by atomic mass is 10.1. The smallest absolute Gasteiger partial charge is 0.271 e. The minimum absolute atomic E-state index is 0.0953. The van der Waals surface area contributed by atoms with Gasteiger partial charge in [0.1, 0.15) is 5.75 Å². The second-order valence-corrected chi connectivity index (χ2v) is 10.6. The van der Waals surface area contributed by atoms with Crippen molar-refractivity contribution in [3.8, 4) is 5.75 Å². The van der Waals surface area contributed by atoms with E-state index in [9.17, 15) is 4.79 Å². The summed E-state index contributed by atoms with van der Waals surface area (Å²) in [7, 11) is 1.65. The number of anilines is 1. The van der Waals surface area contributed by atoms with E-state index in [0.717, 1.165) is 41.0 Å². The van der Waals surface area contributed by atoms with E-state index in [1.54, 1.807) is 12.0 Å². The molecule has 162 valence electrons. The van der Waals surface area contributed by atoms with Crippen LogP contribution in [0.5, 0.6) is 5.75 Å². The molecule has 1 aliphatic heterocycles. The van der Waals surface area contributed by atoms with E-state index in [1.807, 2.05) is 74.5 Å². The number of halogens is 2. The van der Waals surface area contributed by atoms with Gasteiger partial charge in [0.15, 0.2) is 5.17 Å². The van der Waals surface area contributed by atoms with Crippen molar-refractivity contribution in [2.45, 2.75) is 13.8 Å². The zero-order valence-electron chi connectivity index (χ0n) is 17.7. The molecule has 1 fully saturated rings. The zero-order valence-corrected chi connectivity index (χ0v) is 22.9. The second kappa shape index (κ2) is 9.96. The minimum Gasteiger partial charge on any atom is -0.495 e. The Morgan fingerprint density at radius 3 is 2.34 bits per heavy atom. The number of nitrogens with zero attached hydrogens (tertiary/aromatic N) is 2. The monoisotopic (exact) mass is 666 g/mol. The molecule has 0 bridgehead atoms. The van der Waals surface area contributed by atoms with Crippen LogP contribution in [0, 0.1) is 21.0 Å². The highest BCUT2D eigenvalue weighted by Gasteiger charge is 2.35. The first-order chi connectivity index (χ1) is 15.4. The van der Waals surface area contributed by atoms with Crippen molar-refractivity contribution in [2.24, 2.45) is 4.99 Å². The van der Waals surface area contributed by atoms with Gasteiger partial charge in [-0.25, -0.2) is 4.99 Å². The summed E-state index contributed by atoms with van der Waals surface area (Å²) in [6.07, 6.45) is 1.90. The number of aryl methyl sites for hydroxylation is 2. The maximum Gasteiger partial charge on any atom is 0.271 e. The van der Waals surface area contributed by atoms with Crippen molar-refractivity contribution >= 4 is 85.5 Å². The molecule has 1 aliphatic rings.